The Hall–Kier alpha value is -0.410. The highest BCUT2D eigenvalue weighted by atomic mass is 79.9. The largest absolute Gasteiger partial charge is 0.393 e. The number of aliphatic hydroxyl groups is 1. The molecule has 1 aromatic carbocycles. The van der Waals surface area contributed by atoms with E-state index in [9.17, 15) is 9.50 Å². The lowest BCUT2D eigenvalue weighted by Gasteiger charge is -2.18. The summed E-state index contributed by atoms with van der Waals surface area (Å²) < 4.78 is 13.6. The van der Waals surface area contributed by atoms with Gasteiger partial charge >= 0.3 is 0 Å². The van der Waals surface area contributed by atoms with Crippen LogP contribution in [0.15, 0.2) is 22.7 Å². The van der Waals surface area contributed by atoms with E-state index in [-0.39, 0.29) is 11.9 Å². The molecular formula is C16H22BrFO. The van der Waals surface area contributed by atoms with Gasteiger partial charge in [0.2, 0.25) is 0 Å². The molecule has 1 N–H and O–H groups in total. The van der Waals surface area contributed by atoms with Gasteiger partial charge in [-0.25, -0.2) is 4.39 Å². The van der Waals surface area contributed by atoms with E-state index in [1.807, 2.05) is 0 Å². The van der Waals surface area contributed by atoms with Crippen LogP contribution in [0.1, 0.15) is 50.5 Å². The van der Waals surface area contributed by atoms with Crippen LogP contribution < -0.4 is 0 Å². The zero-order chi connectivity index (χ0) is 13.7. The van der Waals surface area contributed by atoms with Crippen LogP contribution in [0.4, 0.5) is 4.39 Å². The first kappa shape index (κ1) is 15.0. The summed E-state index contributed by atoms with van der Waals surface area (Å²) in [6, 6.07) is 4.99. The minimum atomic E-state index is -0.305. The molecule has 0 bridgehead atoms. The van der Waals surface area contributed by atoms with E-state index in [2.05, 4.69) is 15.9 Å². The molecule has 2 rings (SSSR count). The van der Waals surface area contributed by atoms with Crippen molar-refractivity contribution in [3.05, 3.63) is 34.1 Å². The molecule has 1 saturated carbocycles. The second kappa shape index (κ2) is 7.39. The van der Waals surface area contributed by atoms with Crippen LogP contribution in [0.5, 0.6) is 0 Å². The van der Waals surface area contributed by atoms with E-state index in [1.54, 1.807) is 12.1 Å². The maximum Gasteiger partial charge on any atom is 0.137 e. The summed E-state index contributed by atoms with van der Waals surface area (Å²) in [6.45, 7) is 0. The fourth-order valence-corrected chi connectivity index (χ4v) is 3.43. The number of rotatable bonds is 4. The Balaban J connectivity index is 1.85. The number of halogens is 2. The summed E-state index contributed by atoms with van der Waals surface area (Å²) in [5, 5.41) is 10.2. The van der Waals surface area contributed by atoms with Gasteiger partial charge in [-0.1, -0.05) is 44.6 Å². The van der Waals surface area contributed by atoms with Gasteiger partial charge in [0.15, 0.2) is 0 Å². The van der Waals surface area contributed by atoms with Gasteiger partial charge in [-0.05, 0) is 52.4 Å². The maximum atomic E-state index is 13.1. The molecule has 0 saturated heterocycles. The van der Waals surface area contributed by atoms with Crippen molar-refractivity contribution in [1.82, 2.24) is 0 Å². The first-order valence-electron chi connectivity index (χ1n) is 7.27. The number of benzene rings is 1. The van der Waals surface area contributed by atoms with Crippen LogP contribution >= 0.6 is 15.9 Å². The fraction of sp³-hybridized carbons (Fsp3) is 0.625. The SMILES string of the molecule is OC(Cc1ccc(F)c(Br)c1)CC1CCCCCC1. The zero-order valence-electron chi connectivity index (χ0n) is 11.2. The van der Waals surface area contributed by atoms with Gasteiger partial charge in [-0.15, -0.1) is 0 Å². The third-order valence-electron chi connectivity index (χ3n) is 4.04. The average Bonchev–Trinajstić information content (AvgIpc) is 2.62. The lowest BCUT2D eigenvalue weighted by molar-refractivity contribution is 0.137. The molecule has 1 aromatic rings. The third kappa shape index (κ3) is 4.88. The average molecular weight is 329 g/mol. The van der Waals surface area contributed by atoms with E-state index in [4.69, 9.17) is 0 Å². The second-order valence-corrected chi connectivity index (χ2v) is 6.55. The van der Waals surface area contributed by atoms with Crippen LogP contribution in [-0.2, 0) is 6.42 Å². The second-order valence-electron chi connectivity index (χ2n) is 5.70. The molecule has 0 heterocycles. The Morgan fingerprint density at radius 3 is 2.53 bits per heavy atom. The monoisotopic (exact) mass is 328 g/mol. The van der Waals surface area contributed by atoms with Crippen molar-refractivity contribution in [3.63, 3.8) is 0 Å². The van der Waals surface area contributed by atoms with Gasteiger partial charge in [0.05, 0.1) is 10.6 Å². The molecule has 0 spiro atoms. The summed E-state index contributed by atoms with van der Waals surface area (Å²) in [5.74, 6) is 0.420. The van der Waals surface area contributed by atoms with Gasteiger partial charge in [-0.3, -0.25) is 0 Å². The molecule has 0 aliphatic heterocycles. The predicted octanol–water partition coefficient (Wildman–Crippen LogP) is 4.85. The van der Waals surface area contributed by atoms with Gasteiger partial charge in [0.1, 0.15) is 5.82 Å². The van der Waals surface area contributed by atoms with Crippen molar-refractivity contribution >= 4 is 15.9 Å². The Morgan fingerprint density at radius 1 is 1.21 bits per heavy atom. The number of hydrogen-bond acceptors (Lipinski definition) is 1. The molecule has 1 atom stereocenters. The smallest absolute Gasteiger partial charge is 0.137 e. The van der Waals surface area contributed by atoms with Gasteiger partial charge < -0.3 is 5.11 Å². The van der Waals surface area contributed by atoms with Crippen molar-refractivity contribution < 1.29 is 9.50 Å². The molecule has 1 aliphatic rings. The van der Waals surface area contributed by atoms with Crippen molar-refractivity contribution in [3.8, 4) is 0 Å². The van der Waals surface area contributed by atoms with E-state index < -0.39 is 0 Å². The molecule has 1 aliphatic carbocycles. The van der Waals surface area contributed by atoms with Crippen LogP contribution in [0.3, 0.4) is 0 Å². The Morgan fingerprint density at radius 2 is 1.89 bits per heavy atom. The summed E-state index contributed by atoms with van der Waals surface area (Å²) in [4.78, 5) is 0. The standard InChI is InChI=1S/C16H22BrFO/c17-15-11-13(7-8-16(15)18)10-14(19)9-12-5-3-1-2-4-6-12/h7-8,11-12,14,19H,1-6,9-10H2. The normalized spacial score (nSPS) is 19.1. The van der Waals surface area contributed by atoms with E-state index in [1.165, 1.54) is 44.6 Å². The van der Waals surface area contributed by atoms with Crippen LogP contribution in [-0.4, -0.2) is 11.2 Å². The molecule has 106 valence electrons. The fourth-order valence-electron chi connectivity index (χ4n) is 3.01. The topological polar surface area (TPSA) is 20.2 Å². The molecule has 0 aromatic heterocycles. The highest BCUT2D eigenvalue weighted by Crippen LogP contribution is 2.27. The Bertz CT molecular complexity index is 400. The lowest BCUT2D eigenvalue weighted by atomic mass is 9.91. The molecule has 1 fully saturated rings. The van der Waals surface area contributed by atoms with Crippen molar-refractivity contribution in [2.24, 2.45) is 5.92 Å². The third-order valence-corrected chi connectivity index (χ3v) is 4.64. The summed E-state index contributed by atoms with van der Waals surface area (Å²) in [5.41, 5.74) is 0.995. The first-order chi connectivity index (χ1) is 9.15. The summed E-state index contributed by atoms with van der Waals surface area (Å²) in [6.07, 6.45) is 9.01. The molecule has 1 unspecified atom stereocenters. The summed E-state index contributed by atoms with van der Waals surface area (Å²) in [7, 11) is 0. The van der Waals surface area contributed by atoms with Crippen molar-refractivity contribution in [2.75, 3.05) is 0 Å². The van der Waals surface area contributed by atoms with Crippen LogP contribution in [0, 0.1) is 11.7 Å². The van der Waals surface area contributed by atoms with Gasteiger partial charge in [0, 0.05) is 0 Å². The molecule has 0 amide bonds. The lowest BCUT2D eigenvalue weighted by Crippen LogP contribution is -2.16. The van der Waals surface area contributed by atoms with Crippen molar-refractivity contribution in [1.29, 1.82) is 0 Å². The summed E-state index contributed by atoms with van der Waals surface area (Å²) >= 11 is 3.19. The molecule has 19 heavy (non-hydrogen) atoms. The predicted molar refractivity (Wildman–Crippen MR) is 79.6 cm³/mol. The van der Waals surface area contributed by atoms with Crippen LogP contribution in [0.2, 0.25) is 0 Å². The zero-order valence-corrected chi connectivity index (χ0v) is 12.8. The molecule has 0 radical (unpaired) electrons. The molecule has 1 nitrogen and oxygen atoms in total. The molecule has 3 heteroatoms. The first-order valence-corrected chi connectivity index (χ1v) is 8.06. The van der Waals surface area contributed by atoms with E-state index in [0.717, 1.165) is 12.0 Å². The molecular weight excluding hydrogens is 307 g/mol. The van der Waals surface area contributed by atoms with Crippen LogP contribution in [0.25, 0.3) is 0 Å². The maximum absolute atomic E-state index is 13.1. The van der Waals surface area contributed by atoms with E-state index >= 15 is 0 Å². The number of aliphatic hydroxyl groups excluding tert-OH is 1. The highest BCUT2D eigenvalue weighted by Gasteiger charge is 2.17. The Kier molecular flexibility index (Phi) is 5.83. The minimum absolute atomic E-state index is 0.248. The highest BCUT2D eigenvalue weighted by molar-refractivity contribution is 9.10. The minimum Gasteiger partial charge on any atom is -0.393 e. The van der Waals surface area contributed by atoms with Crippen molar-refractivity contribution in [2.45, 2.75) is 57.5 Å². The van der Waals surface area contributed by atoms with Gasteiger partial charge in [0.25, 0.3) is 0 Å². The quantitative estimate of drug-likeness (QED) is 0.783. The Labute approximate surface area is 123 Å². The van der Waals surface area contributed by atoms with E-state index in [0.29, 0.717) is 16.8 Å². The van der Waals surface area contributed by atoms with Gasteiger partial charge in [-0.2, -0.15) is 0 Å². The number of hydrogen-bond donors (Lipinski definition) is 1.